The number of aryl methyl sites for hydroxylation is 2. The Morgan fingerprint density at radius 2 is 2.30 bits per heavy atom. The second-order valence-corrected chi connectivity index (χ2v) is 7.53. The predicted octanol–water partition coefficient (Wildman–Crippen LogP) is 3.08. The quantitative estimate of drug-likeness (QED) is 0.753. The van der Waals surface area contributed by atoms with E-state index in [-0.39, 0.29) is 5.75 Å². The van der Waals surface area contributed by atoms with Crippen LogP contribution in [0.1, 0.15) is 17.6 Å². The minimum absolute atomic E-state index is 0.00635. The third-order valence-corrected chi connectivity index (χ3v) is 5.28. The van der Waals surface area contributed by atoms with Crippen molar-refractivity contribution in [2.75, 3.05) is 5.75 Å². The molecule has 0 unspecified atom stereocenters. The zero-order valence-electron chi connectivity index (χ0n) is 10.9. The Labute approximate surface area is 133 Å². The lowest BCUT2D eigenvalue weighted by molar-refractivity contribution is -0.133. The topological polar surface area (TPSA) is 68.0 Å². The van der Waals surface area contributed by atoms with Gasteiger partial charge >= 0.3 is 5.97 Å². The Bertz CT molecular complexity index is 597. The second kappa shape index (κ2) is 7.24. The van der Waals surface area contributed by atoms with E-state index in [1.165, 1.54) is 16.6 Å². The van der Waals surface area contributed by atoms with E-state index in [2.05, 4.69) is 32.2 Å². The van der Waals surface area contributed by atoms with Crippen molar-refractivity contribution in [1.82, 2.24) is 14.8 Å². The van der Waals surface area contributed by atoms with Gasteiger partial charge in [-0.05, 0) is 34.5 Å². The van der Waals surface area contributed by atoms with Gasteiger partial charge in [0.1, 0.15) is 5.82 Å². The van der Waals surface area contributed by atoms with Crippen molar-refractivity contribution in [2.24, 2.45) is 0 Å². The summed E-state index contributed by atoms with van der Waals surface area (Å²) in [5, 5.41) is 17.6. The lowest BCUT2D eigenvalue weighted by Gasteiger charge is -2.07. The highest BCUT2D eigenvalue weighted by molar-refractivity contribution is 9.11. The SMILES string of the molecule is CCc1nnc(SCC(=O)O)n1CCc1ccc(Br)s1. The first-order valence-electron chi connectivity index (χ1n) is 6.11. The minimum atomic E-state index is -0.843. The summed E-state index contributed by atoms with van der Waals surface area (Å²) in [6, 6.07) is 4.13. The Hall–Kier alpha value is -0.860. The molecule has 0 aromatic carbocycles. The fourth-order valence-electron chi connectivity index (χ4n) is 1.75. The first-order chi connectivity index (χ1) is 9.60. The molecule has 0 aliphatic carbocycles. The normalized spacial score (nSPS) is 10.9. The molecule has 2 heterocycles. The Balaban J connectivity index is 2.07. The number of aromatic nitrogens is 3. The average Bonchev–Trinajstić information content (AvgIpc) is 2.99. The molecule has 0 saturated heterocycles. The van der Waals surface area contributed by atoms with Crippen LogP contribution in [0.5, 0.6) is 0 Å². The molecule has 5 nitrogen and oxygen atoms in total. The van der Waals surface area contributed by atoms with Crippen LogP contribution in [-0.4, -0.2) is 31.6 Å². The first-order valence-corrected chi connectivity index (χ1v) is 8.70. The maximum absolute atomic E-state index is 10.7. The van der Waals surface area contributed by atoms with Crippen LogP contribution in [0.2, 0.25) is 0 Å². The number of thiophene rings is 1. The van der Waals surface area contributed by atoms with Crippen molar-refractivity contribution in [3.63, 3.8) is 0 Å². The summed E-state index contributed by atoms with van der Waals surface area (Å²) < 4.78 is 3.13. The fraction of sp³-hybridized carbons (Fsp3) is 0.417. The van der Waals surface area contributed by atoms with Crippen molar-refractivity contribution in [3.8, 4) is 0 Å². The zero-order valence-corrected chi connectivity index (χ0v) is 14.1. The van der Waals surface area contributed by atoms with E-state index in [1.807, 2.05) is 17.6 Å². The molecule has 2 rings (SSSR count). The largest absolute Gasteiger partial charge is 0.481 e. The van der Waals surface area contributed by atoms with E-state index >= 15 is 0 Å². The number of halogens is 1. The number of carboxylic acid groups (broad SMARTS) is 1. The van der Waals surface area contributed by atoms with Crippen LogP contribution in [0, 0.1) is 0 Å². The molecular formula is C12H14BrN3O2S2. The summed E-state index contributed by atoms with van der Waals surface area (Å²) in [5.74, 6) is 0.0603. The number of aliphatic carboxylic acids is 1. The third-order valence-electron chi connectivity index (χ3n) is 2.65. The van der Waals surface area contributed by atoms with E-state index in [0.29, 0.717) is 5.16 Å². The maximum atomic E-state index is 10.7. The molecule has 0 saturated carbocycles. The van der Waals surface area contributed by atoms with Crippen molar-refractivity contribution < 1.29 is 9.90 Å². The van der Waals surface area contributed by atoms with Gasteiger partial charge in [0.2, 0.25) is 0 Å². The smallest absolute Gasteiger partial charge is 0.313 e. The standard InChI is InChI=1S/C12H14BrN3O2S2/c1-2-10-14-15-12(19-7-11(17)18)16(10)6-5-8-3-4-9(13)20-8/h3-4H,2,5-7H2,1H3,(H,17,18). The van der Waals surface area contributed by atoms with Crippen LogP contribution in [0.25, 0.3) is 0 Å². The van der Waals surface area contributed by atoms with Gasteiger partial charge in [0.25, 0.3) is 0 Å². The molecule has 0 amide bonds. The minimum Gasteiger partial charge on any atom is -0.481 e. The molecule has 8 heteroatoms. The summed E-state index contributed by atoms with van der Waals surface area (Å²) in [6.07, 6.45) is 1.68. The molecule has 0 radical (unpaired) electrons. The number of thioether (sulfide) groups is 1. The van der Waals surface area contributed by atoms with E-state index in [1.54, 1.807) is 11.3 Å². The molecular weight excluding hydrogens is 362 g/mol. The highest BCUT2D eigenvalue weighted by Gasteiger charge is 2.13. The van der Waals surface area contributed by atoms with Crippen LogP contribution in [0.15, 0.2) is 21.1 Å². The molecule has 0 atom stereocenters. The van der Waals surface area contributed by atoms with Crippen molar-refractivity contribution in [1.29, 1.82) is 0 Å². The summed E-state index contributed by atoms with van der Waals surface area (Å²) in [4.78, 5) is 11.9. The van der Waals surface area contributed by atoms with Crippen molar-refractivity contribution >= 4 is 45.0 Å². The maximum Gasteiger partial charge on any atom is 0.313 e. The molecule has 0 fully saturated rings. The molecule has 2 aromatic rings. The van der Waals surface area contributed by atoms with E-state index < -0.39 is 5.97 Å². The van der Waals surface area contributed by atoms with Crippen LogP contribution in [0.4, 0.5) is 0 Å². The van der Waals surface area contributed by atoms with Gasteiger partial charge in [-0.25, -0.2) is 0 Å². The number of hydrogen-bond donors (Lipinski definition) is 1. The Morgan fingerprint density at radius 3 is 2.90 bits per heavy atom. The number of carboxylic acids is 1. The van der Waals surface area contributed by atoms with Gasteiger partial charge < -0.3 is 9.67 Å². The van der Waals surface area contributed by atoms with Crippen LogP contribution < -0.4 is 0 Å². The van der Waals surface area contributed by atoms with Crippen LogP contribution >= 0.6 is 39.0 Å². The van der Waals surface area contributed by atoms with E-state index in [9.17, 15) is 4.79 Å². The van der Waals surface area contributed by atoms with Crippen molar-refractivity contribution in [3.05, 3.63) is 26.6 Å². The van der Waals surface area contributed by atoms with Gasteiger partial charge in [-0.15, -0.1) is 21.5 Å². The second-order valence-electron chi connectivity index (χ2n) is 4.04. The first kappa shape index (κ1) is 15.5. The summed E-state index contributed by atoms with van der Waals surface area (Å²) in [7, 11) is 0. The molecule has 0 aliphatic heterocycles. The molecule has 108 valence electrons. The van der Waals surface area contributed by atoms with Gasteiger partial charge in [0.05, 0.1) is 9.54 Å². The highest BCUT2D eigenvalue weighted by atomic mass is 79.9. The number of nitrogens with zero attached hydrogens (tertiary/aromatic N) is 3. The molecule has 2 aromatic heterocycles. The Kier molecular flexibility index (Phi) is 5.62. The molecule has 1 N–H and O–H groups in total. The molecule has 20 heavy (non-hydrogen) atoms. The van der Waals surface area contributed by atoms with Gasteiger partial charge in [-0.1, -0.05) is 18.7 Å². The highest BCUT2D eigenvalue weighted by Crippen LogP contribution is 2.24. The molecule has 0 spiro atoms. The van der Waals surface area contributed by atoms with Crippen LogP contribution in [0.3, 0.4) is 0 Å². The Morgan fingerprint density at radius 1 is 1.50 bits per heavy atom. The predicted molar refractivity (Wildman–Crippen MR) is 83.5 cm³/mol. The van der Waals surface area contributed by atoms with Crippen LogP contribution in [-0.2, 0) is 24.2 Å². The summed E-state index contributed by atoms with van der Waals surface area (Å²) >= 11 is 6.38. The lowest BCUT2D eigenvalue weighted by atomic mass is 10.3. The number of hydrogen-bond acceptors (Lipinski definition) is 5. The van der Waals surface area contributed by atoms with Gasteiger partial charge in [0, 0.05) is 17.8 Å². The number of carbonyl (C=O) groups is 1. The number of rotatable bonds is 7. The van der Waals surface area contributed by atoms with Crippen molar-refractivity contribution in [2.45, 2.75) is 31.5 Å². The average molecular weight is 376 g/mol. The fourth-order valence-corrected chi connectivity index (χ4v) is 3.92. The summed E-state index contributed by atoms with van der Waals surface area (Å²) in [6.45, 7) is 2.79. The van der Waals surface area contributed by atoms with Gasteiger partial charge in [-0.2, -0.15) is 0 Å². The molecule has 0 aliphatic rings. The third kappa shape index (κ3) is 4.07. The van der Waals surface area contributed by atoms with E-state index in [4.69, 9.17) is 5.11 Å². The molecule has 0 bridgehead atoms. The monoisotopic (exact) mass is 375 g/mol. The zero-order chi connectivity index (χ0) is 14.5. The lowest BCUT2D eigenvalue weighted by Crippen LogP contribution is -2.08. The van der Waals surface area contributed by atoms with Gasteiger partial charge in [-0.3, -0.25) is 4.79 Å². The van der Waals surface area contributed by atoms with Gasteiger partial charge in [0.15, 0.2) is 5.16 Å². The summed E-state index contributed by atoms with van der Waals surface area (Å²) in [5.41, 5.74) is 0. The van der Waals surface area contributed by atoms with E-state index in [0.717, 1.165) is 29.0 Å².